The van der Waals surface area contributed by atoms with E-state index in [1.54, 1.807) is 0 Å². The zero-order chi connectivity index (χ0) is 15.2. The summed E-state index contributed by atoms with van der Waals surface area (Å²) in [5.74, 6) is 1.04. The predicted octanol–water partition coefficient (Wildman–Crippen LogP) is 3.99. The number of ether oxygens (including phenoxy) is 1. The van der Waals surface area contributed by atoms with Gasteiger partial charge in [-0.1, -0.05) is 26.8 Å². The monoisotopic (exact) mass is 304 g/mol. The second-order valence-corrected chi connectivity index (χ2v) is 5.78. The van der Waals surface area contributed by atoms with Crippen LogP contribution in [0.1, 0.15) is 38.3 Å². The number of hydrogen-bond acceptors (Lipinski definition) is 3. The molecule has 0 saturated carbocycles. The second-order valence-electron chi connectivity index (χ2n) is 4.93. The number of thioether (sulfide) groups is 1. The highest BCUT2D eigenvalue weighted by Crippen LogP contribution is 2.34. The Morgan fingerprint density at radius 2 is 2.14 bits per heavy atom. The lowest BCUT2D eigenvalue weighted by Gasteiger charge is -2.14. The van der Waals surface area contributed by atoms with Crippen molar-refractivity contribution in [3.8, 4) is 5.75 Å². The van der Waals surface area contributed by atoms with Crippen molar-refractivity contribution in [1.82, 2.24) is 0 Å². The molecule has 0 amide bonds. The van der Waals surface area contributed by atoms with Gasteiger partial charge < -0.3 is 9.39 Å². The van der Waals surface area contributed by atoms with Crippen LogP contribution in [0.25, 0.3) is 4.91 Å². The highest BCUT2D eigenvalue weighted by Gasteiger charge is 2.35. The van der Waals surface area contributed by atoms with Crippen LogP contribution < -0.4 is 10.2 Å². The molecule has 1 aromatic carbocycles. The van der Waals surface area contributed by atoms with Crippen LogP contribution >= 0.6 is 11.8 Å². The molecule has 0 N–H and O–H groups in total. The van der Waals surface area contributed by atoms with E-state index in [0.717, 1.165) is 24.9 Å². The van der Waals surface area contributed by atoms with Gasteiger partial charge in [0.05, 0.1) is 6.61 Å². The van der Waals surface area contributed by atoms with Gasteiger partial charge in [-0.3, -0.25) is 0 Å². The summed E-state index contributed by atoms with van der Waals surface area (Å²) >= 11 is 1.83. The van der Waals surface area contributed by atoms with Gasteiger partial charge in [-0.15, -0.1) is 11.8 Å². The first-order chi connectivity index (χ1) is 10.3. The highest BCUT2D eigenvalue weighted by atomic mass is 32.2. The standard InChI is InChI=1S/C15H19BO2S.C2H6/c1-3-4-14(19-2)11-5-6-13-15-12(11)7-8-16(15)18-10-9-17-13;1-2/h4-6H,3,7-10H2,1-2H3;1-2H3/b14-4-;. The minimum absolute atomic E-state index is 0.247. The maximum atomic E-state index is 5.91. The van der Waals surface area contributed by atoms with Crippen LogP contribution in [0.15, 0.2) is 18.2 Å². The SMILES string of the molecule is CC.CC/C=C(\SC)c1ccc2c3c1CCB3OCCO2. The Morgan fingerprint density at radius 1 is 1.33 bits per heavy atom. The molecule has 0 saturated heterocycles. The molecule has 0 radical (unpaired) electrons. The largest absolute Gasteiger partial charge is 0.492 e. The molecule has 0 fully saturated rings. The van der Waals surface area contributed by atoms with Crippen LogP contribution in [0, 0.1) is 0 Å². The van der Waals surface area contributed by atoms with Crippen molar-refractivity contribution < 1.29 is 9.39 Å². The minimum atomic E-state index is 0.247. The Labute approximate surface area is 133 Å². The Hall–Kier alpha value is -0.865. The van der Waals surface area contributed by atoms with Crippen molar-refractivity contribution in [2.24, 2.45) is 0 Å². The molecule has 21 heavy (non-hydrogen) atoms. The lowest BCUT2D eigenvalue weighted by molar-refractivity contribution is 0.230. The molecule has 2 aliphatic rings. The third-order valence-corrected chi connectivity index (χ3v) is 4.66. The summed E-state index contributed by atoms with van der Waals surface area (Å²) in [6.07, 6.45) is 7.74. The van der Waals surface area contributed by atoms with E-state index in [4.69, 9.17) is 9.39 Å². The van der Waals surface area contributed by atoms with Crippen LogP contribution in [-0.4, -0.2) is 26.4 Å². The van der Waals surface area contributed by atoms with Gasteiger partial charge in [0, 0.05) is 4.91 Å². The molecular formula is C17H25BO2S. The fraction of sp³-hybridized carbons (Fsp3) is 0.529. The van der Waals surface area contributed by atoms with Gasteiger partial charge in [0.1, 0.15) is 12.4 Å². The molecule has 0 atom stereocenters. The molecule has 0 aromatic heterocycles. The normalized spacial score (nSPS) is 16.6. The summed E-state index contributed by atoms with van der Waals surface area (Å²) in [6, 6.07) is 4.35. The Balaban J connectivity index is 0.000000774. The fourth-order valence-electron chi connectivity index (χ4n) is 3.04. The van der Waals surface area contributed by atoms with Gasteiger partial charge in [-0.25, -0.2) is 0 Å². The van der Waals surface area contributed by atoms with Gasteiger partial charge in [-0.2, -0.15) is 0 Å². The van der Waals surface area contributed by atoms with E-state index < -0.39 is 0 Å². The van der Waals surface area contributed by atoms with Crippen molar-refractivity contribution in [2.75, 3.05) is 19.5 Å². The zero-order valence-electron chi connectivity index (χ0n) is 13.6. The first-order valence-electron chi connectivity index (χ1n) is 7.99. The lowest BCUT2D eigenvalue weighted by Crippen LogP contribution is -2.29. The summed E-state index contributed by atoms with van der Waals surface area (Å²) in [4.78, 5) is 1.38. The molecule has 0 spiro atoms. The first kappa shape index (κ1) is 16.5. The minimum Gasteiger partial charge on any atom is -0.492 e. The molecule has 0 aliphatic carbocycles. The number of rotatable bonds is 3. The van der Waals surface area contributed by atoms with Crippen molar-refractivity contribution >= 4 is 29.0 Å². The maximum absolute atomic E-state index is 5.91. The Kier molecular flexibility index (Phi) is 6.25. The summed E-state index contributed by atoms with van der Waals surface area (Å²) in [5.41, 5.74) is 4.13. The molecule has 2 heterocycles. The molecule has 0 unspecified atom stereocenters. The quantitative estimate of drug-likeness (QED) is 0.787. The van der Waals surface area contributed by atoms with E-state index in [9.17, 15) is 0 Å². The predicted molar refractivity (Wildman–Crippen MR) is 94.9 cm³/mol. The molecule has 114 valence electrons. The second kappa shape index (κ2) is 7.95. The number of benzene rings is 1. The number of allylic oxidation sites excluding steroid dienone is 1. The van der Waals surface area contributed by atoms with E-state index in [2.05, 4.69) is 31.4 Å². The third kappa shape index (κ3) is 3.32. The van der Waals surface area contributed by atoms with Gasteiger partial charge in [-0.05, 0) is 54.1 Å². The molecule has 4 heteroatoms. The summed E-state index contributed by atoms with van der Waals surface area (Å²) in [7, 11) is 0. The summed E-state index contributed by atoms with van der Waals surface area (Å²) < 4.78 is 11.7. The Bertz CT molecular complexity index is 514. The molecule has 3 rings (SSSR count). The summed E-state index contributed by atoms with van der Waals surface area (Å²) in [6.45, 7) is 7.81. The van der Waals surface area contributed by atoms with Crippen molar-refractivity contribution in [1.29, 1.82) is 0 Å². The first-order valence-corrected chi connectivity index (χ1v) is 9.22. The smallest absolute Gasteiger partial charge is 0.331 e. The summed E-state index contributed by atoms with van der Waals surface area (Å²) in [5, 5.41) is 0. The zero-order valence-corrected chi connectivity index (χ0v) is 14.4. The Morgan fingerprint density at radius 3 is 2.86 bits per heavy atom. The average molecular weight is 304 g/mol. The fourth-order valence-corrected chi connectivity index (χ4v) is 3.78. The van der Waals surface area contributed by atoms with E-state index in [1.807, 2.05) is 25.6 Å². The van der Waals surface area contributed by atoms with E-state index in [0.29, 0.717) is 13.2 Å². The lowest BCUT2D eigenvalue weighted by atomic mass is 9.62. The van der Waals surface area contributed by atoms with E-state index in [1.165, 1.54) is 21.5 Å². The third-order valence-electron chi connectivity index (χ3n) is 3.83. The number of hydrogen-bond donors (Lipinski definition) is 0. The molecule has 2 nitrogen and oxygen atoms in total. The van der Waals surface area contributed by atoms with Crippen molar-refractivity contribution in [3.05, 3.63) is 29.3 Å². The van der Waals surface area contributed by atoms with E-state index >= 15 is 0 Å². The van der Waals surface area contributed by atoms with Gasteiger partial charge in [0.25, 0.3) is 0 Å². The van der Waals surface area contributed by atoms with Crippen LogP contribution in [0.3, 0.4) is 0 Å². The maximum Gasteiger partial charge on any atom is 0.331 e. The van der Waals surface area contributed by atoms with Gasteiger partial charge >= 0.3 is 6.92 Å². The van der Waals surface area contributed by atoms with Crippen LogP contribution in [0.5, 0.6) is 5.75 Å². The molecular weight excluding hydrogens is 279 g/mol. The molecule has 0 bridgehead atoms. The van der Waals surface area contributed by atoms with Gasteiger partial charge in [0.2, 0.25) is 0 Å². The van der Waals surface area contributed by atoms with Crippen LogP contribution in [-0.2, 0) is 11.1 Å². The van der Waals surface area contributed by atoms with Crippen molar-refractivity contribution in [2.45, 2.75) is 39.9 Å². The molecule has 2 aliphatic heterocycles. The van der Waals surface area contributed by atoms with E-state index in [-0.39, 0.29) is 6.92 Å². The van der Waals surface area contributed by atoms with Gasteiger partial charge in [0.15, 0.2) is 0 Å². The average Bonchev–Trinajstić information content (AvgIpc) is 2.84. The highest BCUT2D eigenvalue weighted by molar-refractivity contribution is 8.07. The van der Waals surface area contributed by atoms with Crippen LogP contribution in [0.2, 0.25) is 6.32 Å². The van der Waals surface area contributed by atoms with Crippen LogP contribution in [0.4, 0.5) is 0 Å². The molecule has 1 aromatic rings. The topological polar surface area (TPSA) is 18.5 Å². The van der Waals surface area contributed by atoms with Crippen molar-refractivity contribution in [3.63, 3.8) is 0 Å².